The smallest absolute Gasteiger partial charge is 0.0460 e. The second-order valence-corrected chi connectivity index (χ2v) is 6.02. The fourth-order valence-corrected chi connectivity index (χ4v) is 3.27. The van der Waals surface area contributed by atoms with E-state index in [0.29, 0.717) is 18.6 Å². The largest absolute Gasteiger partial charge is 0.396 e. The normalized spacial score (nSPS) is 26.8. The van der Waals surface area contributed by atoms with Crippen LogP contribution in [0.1, 0.15) is 39.5 Å². The number of piperidine rings is 2. The zero-order valence-corrected chi connectivity index (χ0v) is 11.4. The van der Waals surface area contributed by atoms with Gasteiger partial charge in [0.1, 0.15) is 0 Å². The SMILES string of the molecule is CC(C)N1CCC(N2CCC(CO)CC2)CC1. The van der Waals surface area contributed by atoms with Crippen LogP contribution in [0.25, 0.3) is 0 Å². The van der Waals surface area contributed by atoms with E-state index in [1.54, 1.807) is 0 Å². The van der Waals surface area contributed by atoms with Gasteiger partial charge in [0.2, 0.25) is 0 Å². The molecule has 100 valence electrons. The molecule has 2 fully saturated rings. The Labute approximate surface area is 106 Å². The third kappa shape index (κ3) is 3.43. The van der Waals surface area contributed by atoms with Gasteiger partial charge < -0.3 is 14.9 Å². The number of aliphatic hydroxyl groups is 1. The molecule has 0 bridgehead atoms. The number of likely N-dealkylation sites (tertiary alicyclic amines) is 2. The van der Waals surface area contributed by atoms with E-state index >= 15 is 0 Å². The lowest BCUT2D eigenvalue weighted by atomic mass is 9.94. The van der Waals surface area contributed by atoms with Crippen molar-refractivity contribution in [2.45, 2.75) is 51.6 Å². The monoisotopic (exact) mass is 240 g/mol. The van der Waals surface area contributed by atoms with Crippen molar-refractivity contribution < 1.29 is 5.11 Å². The number of aliphatic hydroxyl groups excluding tert-OH is 1. The van der Waals surface area contributed by atoms with Crippen LogP contribution in [0.2, 0.25) is 0 Å². The van der Waals surface area contributed by atoms with Gasteiger partial charge in [-0.25, -0.2) is 0 Å². The molecule has 0 saturated carbocycles. The van der Waals surface area contributed by atoms with Crippen LogP contribution in [-0.2, 0) is 0 Å². The lowest BCUT2D eigenvalue weighted by molar-refractivity contribution is 0.0561. The number of rotatable bonds is 3. The minimum Gasteiger partial charge on any atom is -0.396 e. The van der Waals surface area contributed by atoms with Crippen LogP contribution in [0.3, 0.4) is 0 Å². The van der Waals surface area contributed by atoms with Gasteiger partial charge in [-0.2, -0.15) is 0 Å². The van der Waals surface area contributed by atoms with E-state index in [4.69, 9.17) is 5.11 Å². The van der Waals surface area contributed by atoms with Crippen LogP contribution in [0.5, 0.6) is 0 Å². The third-order valence-electron chi connectivity index (χ3n) is 4.65. The molecular formula is C14H28N2O. The van der Waals surface area contributed by atoms with Gasteiger partial charge in [-0.1, -0.05) is 0 Å². The van der Waals surface area contributed by atoms with E-state index in [9.17, 15) is 0 Å². The van der Waals surface area contributed by atoms with Gasteiger partial charge in [0, 0.05) is 18.7 Å². The van der Waals surface area contributed by atoms with Crippen LogP contribution in [0.15, 0.2) is 0 Å². The van der Waals surface area contributed by atoms with Gasteiger partial charge in [-0.05, 0) is 71.6 Å². The molecule has 0 aromatic heterocycles. The van der Waals surface area contributed by atoms with Crippen LogP contribution in [-0.4, -0.2) is 59.8 Å². The number of hydrogen-bond acceptors (Lipinski definition) is 3. The van der Waals surface area contributed by atoms with E-state index in [1.807, 2.05) is 0 Å². The lowest BCUT2D eigenvalue weighted by Gasteiger charge is -2.42. The Morgan fingerprint density at radius 1 is 1.00 bits per heavy atom. The molecule has 2 rings (SSSR count). The highest BCUT2D eigenvalue weighted by Crippen LogP contribution is 2.24. The molecule has 0 spiro atoms. The average molecular weight is 240 g/mol. The Balaban J connectivity index is 1.74. The van der Waals surface area contributed by atoms with Crippen molar-refractivity contribution in [2.75, 3.05) is 32.8 Å². The minimum atomic E-state index is 0.389. The standard InChI is InChI=1S/C14H28N2O/c1-12(2)15-9-5-14(6-10-15)16-7-3-13(11-17)4-8-16/h12-14,17H,3-11H2,1-2H3. The number of nitrogens with zero attached hydrogens (tertiary/aromatic N) is 2. The van der Waals surface area contributed by atoms with Crippen molar-refractivity contribution in [3.63, 3.8) is 0 Å². The summed E-state index contributed by atoms with van der Waals surface area (Å²) in [5, 5.41) is 9.16. The maximum Gasteiger partial charge on any atom is 0.0460 e. The highest BCUT2D eigenvalue weighted by atomic mass is 16.3. The molecule has 1 N–H and O–H groups in total. The molecule has 3 nitrogen and oxygen atoms in total. The summed E-state index contributed by atoms with van der Waals surface area (Å²) >= 11 is 0. The summed E-state index contributed by atoms with van der Waals surface area (Å²) in [5.41, 5.74) is 0. The maximum absolute atomic E-state index is 9.16. The number of hydrogen-bond donors (Lipinski definition) is 1. The van der Waals surface area contributed by atoms with Crippen LogP contribution in [0, 0.1) is 5.92 Å². The summed E-state index contributed by atoms with van der Waals surface area (Å²) in [4.78, 5) is 5.26. The Hall–Kier alpha value is -0.120. The first-order valence-corrected chi connectivity index (χ1v) is 7.29. The summed E-state index contributed by atoms with van der Waals surface area (Å²) in [6, 6.07) is 1.51. The van der Waals surface area contributed by atoms with Crippen molar-refractivity contribution in [3.8, 4) is 0 Å². The van der Waals surface area contributed by atoms with Crippen molar-refractivity contribution in [1.82, 2.24) is 9.80 Å². The van der Waals surface area contributed by atoms with Gasteiger partial charge in [0.05, 0.1) is 0 Å². The van der Waals surface area contributed by atoms with Gasteiger partial charge in [0.25, 0.3) is 0 Å². The van der Waals surface area contributed by atoms with Crippen molar-refractivity contribution in [3.05, 3.63) is 0 Å². The van der Waals surface area contributed by atoms with E-state index in [-0.39, 0.29) is 0 Å². The highest BCUT2D eigenvalue weighted by molar-refractivity contribution is 4.83. The molecule has 0 atom stereocenters. The molecule has 0 unspecified atom stereocenters. The summed E-state index contributed by atoms with van der Waals surface area (Å²) < 4.78 is 0. The fourth-order valence-electron chi connectivity index (χ4n) is 3.27. The molecule has 2 saturated heterocycles. The molecular weight excluding hydrogens is 212 g/mol. The quantitative estimate of drug-likeness (QED) is 0.811. The molecule has 0 radical (unpaired) electrons. The molecule has 0 aliphatic carbocycles. The first-order valence-electron chi connectivity index (χ1n) is 7.29. The minimum absolute atomic E-state index is 0.389. The molecule has 0 amide bonds. The molecule has 0 aromatic carbocycles. The summed E-state index contributed by atoms with van der Waals surface area (Å²) in [5.74, 6) is 0.571. The second kappa shape index (κ2) is 6.17. The van der Waals surface area contributed by atoms with E-state index in [0.717, 1.165) is 6.04 Å². The van der Waals surface area contributed by atoms with Gasteiger partial charge in [0.15, 0.2) is 0 Å². The van der Waals surface area contributed by atoms with Gasteiger partial charge >= 0.3 is 0 Å². The van der Waals surface area contributed by atoms with Crippen LogP contribution < -0.4 is 0 Å². The van der Waals surface area contributed by atoms with Gasteiger partial charge in [-0.3, -0.25) is 0 Å². The molecule has 17 heavy (non-hydrogen) atoms. The van der Waals surface area contributed by atoms with Gasteiger partial charge in [-0.15, -0.1) is 0 Å². The molecule has 2 aliphatic heterocycles. The average Bonchev–Trinajstić information content (AvgIpc) is 2.39. The molecule has 2 heterocycles. The Morgan fingerprint density at radius 3 is 2.06 bits per heavy atom. The second-order valence-electron chi connectivity index (χ2n) is 6.02. The zero-order chi connectivity index (χ0) is 12.3. The van der Waals surface area contributed by atoms with Crippen LogP contribution >= 0.6 is 0 Å². The lowest BCUT2D eigenvalue weighted by Crippen LogP contribution is -2.49. The summed E-state index contributed by atoms with van der Waals surface area (Å²) in [7, 11) is 0. The van der Waals surface area contributed by atoms with Crippen molar-refractivity contribution >= 4 is 0 Å². The van der Waals surface area contributed by atoms with Crippen molar-refractivity contribution in [2.24, 2.45) is 5.92 Å². The molecule has 3 heteroatoms. The predicted molar refractivity (Wildman–Crippen MR) is 71.1 cm³/mol. The van der Waals surface area contributed by atoms with E-state index < -0.39 is 0 Å². The first-order chi connectivity index (χ1) is 8.20. The zero-order valence-electron chi connectivity index (χ0n) is 11.4. The van der Waals surface area contributed by atoms with Crippen molar-refractivity contribution in [1.29, 1.82) is 0 Å². The maximum atomic E-state index is 9.16. The Kier molecular flexibility index (Phi) is 4.83. The molecule has 2 aliphatic rings. The predicted octanol–water partition coefficient (Wildman–Crippen LogP) is 1.56. The topological polar surface area (TPSA) is 26.7 Å². The Bertz CT molecular complexity index is 216. The van der Waals surface area contributed by atoms with Crippen LogP contribution in [0.4, 0.5) is 0 Å². The third-order valence-corrected chi connectivity index (χ3v) is 4.65. The summed E-state index contributed by atoms with van der Waals surface area (Å²) in [6.45, 7) is 9.93. The van der Waals surface area contributed by atoms with E-state index in [2.05, 4.69) is 23.6 Å². The van der Waals surface area contributed by atoms with E-state index in [1.165, 1.54) is 51.9 Å². The highest BCUT2D eigenvalue weighted by Gasteiger charge is 2.28. The Morgan fingerprint density at radius 2 is 1.59 bits per heavy atom. The molecule has 0 aromatic rings. The fraction of sp³-hybridized carbons (Fsp3) is 1.00. The first kappa shape index (κ1) is 13.3. The summed E-state index contributed by atoms with van der Waals surface area (Å²) in [6.07, 6.45) is 5.06.